The van der Waals surface area contributed by atoms with Gasteiger partial charge in [-0.3, -0.25) is 0 Å². The lowest BCUT2D eigenvalue weighted by molar-refractivity contribution is 0.297. The first-order chi connectivity index (χ1) is 10.3. The summed E-state index contributed by atoms with van der Waals surface area (Å²) in [6, 6.07) is 8.15. The molecule has 0 bridgehead atoms. The topological polar surface area (TPSA) is 50.9 Å². The Balaban J connectivity index is 0.00000176. The number of nitrogens with two attached hydrogens (primary N) is 1. The molecule has 0 amide bonds. The van der Waals surface area contributed by atoms with Crippen molar-refractivity contribution < 1.29 is 4.74 Å². The van der Waals surface area contributed by atoms with Crippen LogP contribution in [0.3, 0.4) is 0 Å². The van der Waals surface area contributed by atoms with E-state index in [9.17, 15) is 0 Å². The second kappa shape index (κ2) is 8.86. The zero-order chi connectivity index (χ0) is 14.5. The van der Waals surface area contributed by atoms with E-state index in [0.717, 1.165) is 48.4 Å². The highest BCUT2D eigenvalue weighted by atomic mass is 127. The highest BCUT2D eigenvalue weighted by Crippen LogP contribution is 2.30. The molecule has 1 aliphatic heterocycles. The van der Waals surface area contributed by atoms with E-state index in [1.807, 2.05) is 30.0 Å². The smallest absolute Gasteiger partial charge is 0.191 e. The lowest BCUT2D eigenvalue weighted by Crippen LogP contribution is -2.42. The van der Waals surface area contributed by atoms with Crippen molar-refractivity contribution in [2.24, 2.45) is 16.6 Å². The van der Waals surface area contributed by atoms with Crippen LogP contribution >= 0.6 is 35.7 Å². The first-order valence-corrected chi connectivity index (χ1v) is 8.82. The average Bonchev–Trinajstić information content (AvgIpc) is 3.36. The van der Waals surface area contributed by atoms with E-state index < -0.39 is 0 Å². The highest BCUT2D eigenvalue weighted by molar-refractivity contribution is 14.0. The Bertz CT molecular complexity index is 502. The van der Waals surface area contributed by atoms with Crippen molar-refractivity contribution in [2.45, 2.75) is 19.4 Å². The molecule has 2 aliphatic rings. The van der Waals surface area contributed by atoms with Crippen LogP contribution in [-0.4, -0.2) is 42.1 Å². The summed E-state index contributed by atoms with van der Waals surface area (Å²) in [5, 5.41) is 0. The lowest BCUT2D eigenvalue weighted by atomic mass is 10.2. The molecule has 22 heavy (non-hydrogen) atoms. The predicted octanol–water partition coefficient (Wildman–Crippen LogP) is 2.96. The van der Waals surface area contributed by atoms with Crippen LogP contribution in [0.2, 0.25) is 0 Å². The molecule has 1 saturated heterocycles. The molecule has 1 aromatic carbocycles. The van der Waals surface area contributed by atoms with Crippen LogP contribution in [0.4, 0.5) is 0 Å². The number of ether oxygens (including phenoxy) is 1. The van der Waals surface area contributed by atoms with E-state index in [2.05, 4.69) is 16.0 Å². The fourth-order valence-electron chi connectivity index (χ4n) is 2.33. The molecular weight excluding hydrogens is 409 g/mol. The van der Waals surface area contributed by atoms with Gasteiger partial charge in [-0.15, -0.1) is 24.0 Å². The van der Waals surface area contributed by atoms with E-state index in [0.29, 0.717) is 12.5 Å². The minimum absolute atomic E-state index is 0. The SMILES string of the molecule is I.NC(=NCc1ccccc1OCC1CC1)N1CCSCC1. The first kappa shape index (κ1) is 17.7. The van der Waals surface area contributed by atoms with E-state index in [-0.39, 0.29) is 24.0 Å². The maximum absolute atomic E-state index is 6.10. The van der Waals surface area contributed by atoms with E-state index in [1.165, 1.54) is 12.8 Å². The van der Waals surface area contributed by atoms with Crippen molar-refractivity contribution in [1.29, 1.82) is 0 Å². The third-order valence-electron chi connectivity index (χ3n) is 3.89. The van der Waals surface area contributed by atoms with Gasteiger partial charge < -0.3 is 15.4 Å². The molecule has 0 aromatic heterocycles. The average molecular weight is 433 g/mol. The van der Waals surface area contributed by atoms with Gasteiger partial charge in [-0.05, 0) is 24.8 Å². The summed E-state index contributed by atoms with van der Waals surface area (Å²) in [5.74, 6) is 4.65. The summed E-state index contributed by atoms with van der Waals surface area (Å²) in [7, 11) is 0. The summed E-state index contributed by atoms with van der Waals surface area (Å²) in [5.41, 5.74) is 7.22. The van der Waals surface area contributed by atoms with Gasteiger partial charge >= 0.3 is 0 Å². The highest BCUT2D eigenvalue weighted by Gasteiger charge is 2.22. The molecule has 2 N–H and O–H groups in total. The van der Waals surface area contributed by atoms with Crippen LogP contribution < -0.4 is 10.5 Å². The molecule has 3 rings (SSSR count). The quantitative estimate of drug-likeness (QED) is 0.441. The van der Waals surface area contributed by atoms with Gasteiger partial charge in [0.1, 0.15) is 5.75 Å². The van der Waals surface area contributed by atoms with Crippen molar-refractivity contribution in [2.75, 3.05) is 31.2 Å². The molecule has 4 nitrogen and oxygen atoms in total. The molecule has 0 unspecified atom stereocenters. The van der Waals surface area contributed by atoms with Crippen LogP contribution in [-0.2, 0) is 6.54 Å². The number of thioether (sulfide) groups is 1. The Morgan fingerprint density at radius 2 is 2.00 bits per heavy atom. The van der Waals surface area contributed by atoms with Gasteiger partial charge in [0.15, 0.2) is 5.96 Å². The molecule has 0 radical (unpaired) electrons. The summed E-state index contributed by atoms with van der Waals surface area (Å²) in [4.78, 5) is 6.72. The molecule has 2 fully saturated rings. The van der Waals surface area contributed by atoms with Crippen LogP contribution in [0.15, 0.2) is 29.3 Å². The van der Waals surface area contributed by atoms with Crippen molar-refractivity contribution in [3.05, 3.63) is 29.8 Å². The van der Waals surface area contributed by atoms with Crippen molar-refractivity contribution in [1.82, 2.24) is 4.90 Å². The standard InChI is InChI=1S/C16H23N3OS.HI/c17-16(19-7-9-21-10-8-19)18-11-14-3-1-2-4-15(14)20-12-13-5-6-13;/h1-4,13H,5-12H2,(H2,17,18);1H. The monoisotopic (exact) mass is 433 g/mol. The number of nitrogens with zero attached hydrogens (tertiary/aromatic N) is 2. The molecule has 1 aliphatic carbocycles. The van der Waals surface area contributed by atoms with Crippen molar-refractivity contribution in [3.8, 4) is 5.75 Å². The summed E-state index contributed by atoms with van der Waals surface area (Å²) < 4.78 is 5.91. The molecule has 1 aromatic rings. The first-order valence-electron chi connectivity index (χ1n) is 7.66. The normalized spacial score (nSPS) is 18.7. The second-order valence-corrected chi connectivity index (χ2v) is 6.86. The Kier molecular flexibility index (Phi) is 7.14. The summed E-state index contributed by atoms with van der Waals surface area (Å²) in [6.07, 6.45) is 2.61. The maximum Gasteiger partial charge on any atom is 0.191 e. The van der Waals surface area contributed by atoms with Gasteiger partial charge in [-0.1, -0.05) is 18.2 Å². The molecular formula is C16H24IN3OS. The van der Waals surface area contributed by atoms with Crippen molar-refractivity contribution >= 4 is 41.7 Å². The number of halogens is 1. The minimum Gasteiger partial charge on any atom is -0.493 e. The lowest BCUT2D eigenvalue weighted by Gasteiger charge is -2.27. The number of aliphatic imine (C=N–C) groups is 1. The van der Waals surface area contributed by atoms with Gasteiger partial charge in [0.2, 0.25) is 0 Å². The van der Waals surface area contributed by atoms with Crippen LogP contribution in [0.25, 0.3) is 0 Å². The van der Waals surface area contributed by atoms with Gasteiger partial charge in [0.25, 0.3) is 0 Å². The number of hydrogen-bond donors (Lipinski definition) is 1. The van der Waals surface area contributed by atoms with Crippen LogP contribution in [0, 0.1) is 5.92 Å². The van der Waals surface area contributed by atoms with Gasteiger partial charge in [-0.2, -0.15) is 11.8 Å². The predicted molar refractivity (Wildman–Crippen MR) is 104 cm³/mol. The molecule has 0 atom stereocenters. The fraction of sp³-hybridized carbons (Fsp3) is 0.562. The molecule has 0 spiro atoms. The Hall–Kier alpha value is -0.630. The number of guanidine groups is 1. The van der Waals surface area contributed by atoms with Gasteiger partial charge in [0, 0.05) is 30.2 Å². The Morgan fingerprint density at radius 1 is 1.27 bits per heavy atom. The maximum atomic E-state index is 6.10. The number of benzene rings is 1. The third kappa shape index (κ3) is 5.22. The third-order valence-corrected chi connectivity index (χ3v) is 4.83. The van der Waals surface area contributed by atoms with Gasteiger partial charge in [0.05, 0.1) is 13.2 Å². The van der Waals surface area contributed by atoms with E-state index in [1.54, 1.807) is 0 Å². The largest absolute Gasteiger partial charge is 0.493 e. The fourth-order valence-corrected chi connectivity index (χ4v) is 3.23. The molecule has 122 valence electrons. The second-order valence-electron chi connectivity index (χ2n) is 5.64. The Morgan fingerprint density at radius 3 is 2.73 bits per heavy atom. The summed E-state index contributed by atoms with van der Waals surface area (Å²) in [6.45, 7) is 3.43. The molecule has 6 heteroatoms. The van der Waals surface area contributed by atoms with Gasteiger partial charge in [-0.25, -0.2) is 4.99 Å². The molecule has 1 saturated carbocycles. The summed E-state index contributed by atoms with van der Waals surface area (Å²) >= 11 is 1.98. The van der Waals surface area contributed by atoms with Crippen LogP contribution in [0.1, 0.15) is 18.4 Å². The minimum atomic E-state index is 0. The van der Waals surface area contributed by atoms with E-state index in [4.69, 9.17) is 10.5 Å². The van der Waals surface area contributed by atoms with E-state index >= 15 is 0 Å². The number of para-hydroxylation sites is 1. The van der Waals surface area contributed by atoms with Crippen LogP contribution in [0.5, 0.6) is 5.75 Å². The zero-order valence-electron chi connectivity index (χ0n) is 12.7. The zero-order valence-corrected chi connectivity index (χ0v) is 15.9. The number of hydrogen-bond acceptors (Lipinski definition) is 3. The van der Waals surface area contributed by atoms with Crippen molar-refractivity contribution in [3.63, 3.8) is 0 Å². The number of rotatable bonds is 5. The molecule has 1 heterocycles. The Labute approximate surface area is 153 Å².